The number of sulfonamides is 1. The maximum Gasteiger partial charge on any atom is 0.319 e. The summed E-state index contributed by atoms with van der Waals surface area (Å²) in [6.07, 6.45) is 6.30. The first-order valence-corrected chi connectivity index (χ1v) is 13.0. The Morgan fingerprint density at radius 3 is 2.32 bits per heavy atom. The molecule has 4 heterocycles. The van der Waals surface area contributed by atoms with Gasteiger partial charge in [-0.05, 0) is 56.9 Å². The van der Waals surface area contributed by atoms with Crippen LogP contribution in [0.15, 0.2) is 12.7 Å². The highest BCUT2D eigenvalue weighted by molar-refractivity contribution is 7.89. The van der Waals surface area contributed by atoms with Crippen LogP contribution >= 0.6 is 0 Å². The van der Waals surface area contributed by atoms with Gasteiger partial charge in [-0.2, -0.15) is 4.31 Å². The third kappa shape index (κ3) is 4.90. The molecular formula is C21H34N4O5S. The summed E-state index contributed by atoms with van der Waals surface area (Å²) in [7, 11) is -3.44. The minimum Gasteiger partial charge on any atom is -0.354 e. The van der Waals surface area contributed by atoms with Crippen molar-refractivity contribution < 1.29 is 22.7 Å². The molecule has 31 heavy (non-hydrogen) atoms. The van der Waals surface area contributed by atoms with Crippen molar-refractivity contribution >= 4 is 22.0 Å². The molecule has 0 radical (unpaired) electrons. The molecule has 0 aromatic rings. The number of carbonyl (C=O) groups is 2. The van der Waals surface area contributed by atoms with Gasteiger partial charge in [0.15, 0.2) is 0 Å². The lowest BCUT2D eigenvalue weighted by Crippen LogP contribution is -2.53. The Bertz CT molecular complexity index is 790. The van der Waals surface area contributed by atoms with E-state index in [2.05, 4.69) is 11.9 Å². The van der Waals surface area contributed by atoms with E-state index in [0.717, 1.165) is 32.4 Å². The molecule has 4 saturated heterocycles. The Morgan fingerprint density at radius 2 is 1.65 bits per heavy atom. The zero-order valence-corrected chi connectivity index (χ0v) is 18.9. The van der Waals surface area contributed by atoms with Crippen molar-refractivity contribution in [2.45, 2.75) is 62.5 Å². The van der Waals surface area contributed by atoms with Crippen molar-refractivity contribution in [3.8, 4) is 0 Å². The maximum atomic E-state index is 13.3. The lowest BCUT2D eigenvalue weighted by molar-refractivity contribution is -0.120. The number of likely N-dealkylation sites (tertiary alicyclic amines) is 2. The van der Waals surface area contributed by atoms with Gasteiger partial charge in [0, 0.05) is 39.3 Å². The fourth-order valence-corrected chi connectivity index (χ4v) is 7.23. The van der Waals surface area contributed by atoms with Crippen LogP contribution in [0.1, 0.15) is 44.9 Å². The molecule has 3 unspecified atom stereocenters. The minimum absolute atomic E-state index is 0.0586. The van der Waals surface area contributed by atoms with E-state index in [1.165, 1.54) is 12.5 Å². The van der Waals surface area contributed by atoms with Crippen LogP contribution in [0.2, 0.25) is 0 Å². The molecule has 0 spiro atoms. The summed E-state index contributed by atoms with van der Waals surface area (Å²) < 4.78 is 34.1. The van der Waals surface area contributed by atoms with Gasteiger partial charge >= 0.3 is 6.03 Å². The van der Waals surface area contributed by atoms with Crippen molar-refractivity contribution in [3.05, 3.63) is 12.7 Å². The predicted octanol–water partition coefficient (Wildman–Crippen LogP) is 1.13. The molecule has 10 heteroatoms. The van der Waals surface area contributed by atoms with Gasteiger partial charge in [-0.25, -0.2) is 13.2 Å². The number of piperidine rings is 3. The molecule has 4 aliphatic rings. The lowest BCUT2D eigenvalue weighted by atomic mass is 9.94. The van der Waals surface area contributed by atoms with E-state index >= 15 is 0 Å². The Hall–Kier alpha value is -1.65. The van der Waals surface area contributed by atoms with Crippen molar-refractivity contribution in [2.24, 2.45) is 5.92 Å². The fraction of sp³-hybridized carbons (Fsp3) is 0.810. The first-order valence-electron chi connectivity index (χ1n) is 11.5. The van der Waals surface area contributed by atoms with E-state index < -0.39 is 15.3 Å². The van der Waals surface area contributed by atoms with Gasteiger partial charge in [-0.1, -0.05) is 6.58 Å². The smallest absolute Gasteiger partial charge is 0.319 e. The molecule has 174 valence electrons. The number of nitrogens with one attached hydrogen (secondary N) is 1. The Labute approximate surface area is 184 Å². The minimum atomic E-state index is -3.44. The molecule has 4 aliphatic heterocycles. The van der Waals surface area contributed by atoms with Gasteiger partial charge in [-0.15, -0.1) is 0 Å². The normalized spacial score (nSPS) is 30.6. The monoisotopic (exact) mass is 454 g/mol. The highest BCUT2D eigenvalue weighted by Crippen LogP contribution is 2.35. The third-order valence-electron chi connectivity index (χ3n) is 7.12. The maximum absolute atomic E-state index is 13.3. The van der Waals surface area contributed by atoms with Crippen LogP contribution in [0.5, 0.6) is 0 Å². The second kappa shape index (κ2) is 9.46. The summed E-state index contributed by atoms with van der Waals surface area (Å²) in [6, 6.07) is 0.0586. The topological polar surface area (TPSA) is 99.3 Å². The number of nitrogens with zero attached hydrogens (tertiary/aromatic N) is 3. The molecule has 3 amide bonds. The average molecular weight is 455 g/mol. The van der Waals surface area contributed by atoms with Crippen LogP contribution in [-0.4, -0.2) is 91.3 Å². The summed E-state index contributed by atoms with van der Waals surface area (Å²) in [5, 5.41) is 2.30. The van der Waals surface area contributed by atoms with Crippen LogP contribution in [0.25, 0.3) is 0 Å². The first kappa shape index (κ1) is 22.5. The van der Waals surface area contributed by atoms with Crippen LogP contribution in [0, 0.1) is 5.92 Å². The van der Waals surface area contributed by atoms with Crippen LogP contribution in [-0.2, 0) is 19.6 Å². The van der Waals surface area contributed by atoms with Crippen molar-refractivity contribution in [3.63, 3.8) is 0 Å². The van der Waals surface area contributed by atoms with Crippen LogP contribution in [0.3, 0.4) is 0 Å². The Balaban J connectivity index is 1.30. The van der Waals surface area contributed by atoms with Gasteiger partial charge in [0.2, 0.25) is 15.9 Å². The highest BCUT2D eigenvalue weighted by Gasteiger charge is 2.44. The van der Waals surface area contributed by atoms with Crippen molar-refractivity contribution in [1.29, 1.82) is 0 Å². The molecule has 0 aliphatic carbocycles. The summed E-state index contributed by atoms with van der Waals surface area (Å²) in [5.41, 5.74) is 0. The van der Waals surface area contributed by atoms with Gasteiger partial charge in [0.25, 0.3) is 0 Å². The predicted molar refractivity (Wildman–Crippen MR) is 116 cm³/mol. The molecule has 0 saturated carbocycles. The number of fused-ring (bicyclic) bond motifs is 1. The number of ether oxygens (including phenoxy) is 1. The Morgan fingerprint density at radius 1 is 0.968 bits per heavy atom. The van der Waals surface area contributed by atoms with E-state index in [9.17, 15) is 18.0 Å². The molecule has 0 aromatic carbocycles. The second-order valence-electron chi connectivity index (χ2n) is 9.08. The highest BCUT2D eigenvalue weighted by atomic mass is 32.2. The third-order valence-corrected chi connectivity index (χ3v) is 9.49. The standard InChI is InChI=1S/C21H34N4O5S/c1-2-19(26)22-20-14-16-6-13-25(15-18(16)30-20)31(28,29)17-7-11-24(12-8-17)21(27)23-9-4-3-5-10-23/h2,16-18,20H,1,3-15H2,(H,22,26). The van der Waals surface area contributed by atoms with E-state index in [1.807, 2.05) is 9.80 Å². The fourth-order valence-electron chi connectivity index (χ4n) is 5.28. The van der Waals surface area contributed by atoms with Gasteiger partial charge in [0.1, 0.15) is 6.23 Å². The number of carbonyl (C=O) groups excluding carboxylic acids is 2. The SMILES string of the molecule is C=CC(=O)NC1CC2CCN(S(=O)(=O)C3CCN(C(=O)N4CCCCC4)CC3)CC2O1. The number of hydrogen-bond acceptors (Lipinski definition) is 5. The molecule has 9 nitrogen and oxygen atoms in total. The molecule has 3 atom stereocenters. The summed E-state index contributed by atoms with van der Waals surface area (Å²) in [4.78, 5) is 28.0. The Kier molecular flexibility index (Phi) is 6.88. The molecule has 0 bridgehead atoms. The van der Waals surface area contributed by atoms with Gasteiger partial charge < -0.3 is 19.9 Å². The summed E-state index contributed by atoms with van der Waals surface area (Å²) in [6.45, 7) is 6.87. The summed E-state index contributed by atoms with van der Waals surface area (Å²) >= 11 is 0. The molecule has 4 rings (SSSR count). The summed E-state index contributed by atoms with van der Waals surface area (Å²) in [5.74, 6) is -0.0236. The lowest BCUT2D eigenvalue weighted by Gasteiger charge is -2.39. The molecule has 4 fully saturated rings. The van der Waals surface area contributed by atoms with E-state index in [0.29, 0.717) is 45.4 Å². The first-order chi connectivity index (χ1) is 14.9. The number of urea groups is 1. The molecular weight excluding hydrogens is 420 g/mol. The average Bonchev–Trinajstić information content (AvgIpc) is 3.20. The number of rotatable bonds is 4. The van der Waals surface area contributed by atoms with E-state index in [4.69, 9.17) is 4.74 Å². The van der Waals surface area contributed by atoms with E-state index in [-0.39, 0.29) is 30.2 Å². The zero-order valence-electron chi connectivity index (χ0n) is 18.1. The van der Waals surface area contributed by atoms with Gasteiger partial charge in [-0.3, -0.25) is 4.79 Å². The van der Waals surface area contributed by atoms with Crippen molar-refractivity contribution in [1.82, 2.24) is 19.4 Å². The number of amides is 3. The van der Waals surface area contributed by atoms with Crippen LogP contribution in [0.4, 0.5) is 4.79 Å². The van der Waals surface area contributed by atoms with E-state index in [1.54, 1.807) is 4.31 Å². The van der Waals surface area contributed by atoms with Crippen LogP contribution < -0.4 is 5.32 Å². The molecule has 1 N–H and O–H groups in total. The quantitative estimate of drug-likeness (QED) is 0.642. The zero-order chi connectivity index (χ0) is 22.0. The van der Waals surface area contributed by atoms with Crippen molar-refractivity contribution in [2.75, 3.05) is 39.3 Å². The molecule has 0 aromatic heterocycles. The number of hydrogen-bond donors (Lipinski definition) is 1. The second-order valence-corrected chi connectivity index (χ2v) is 11.3. The largest absolute Gasteiger partial charge is 0.354 e. The van der Waals surface area contributed by atoms with Gasteiger partial charge in [0.05, 0.1) is 11.4 Å².